The normalized spacial score (nSPS) is 12.0. The largest absolute Gasteiger partial charge is 0.491 e. The standard InChI is InChI=1S/C20H24BrNO2/c1-14(2)24-18-11-8-16(9-12-18)15(3)22-20(23)13-10-17-6-4-5-7-19(17)21/h4-9,11-12,14-15H,10,13H2,1-3H3,(H,22,23). The zero-order valence-corrected chi connectivity index (χ0v) is 16.0. The number of hydrogen-bond acceptors (Lipinski definition) is 2. The fourth-order valence-corrected chi connectivity index (χ4v) is 2.94. The molecule has 0 bridgehead atoms. The quantitative estimate of drug-likeness (QED) is 0.719. The topological polar surface area (TPSA) is 38.3 Å². The van der Waals surface area contributed by atoms with Crippen molar-refractivity contribution in [3.05, 3.63) is 64.1 Å². The zero-order chi connectivity index (χ0) is 17.5. The van der Waals surface area contributed by atoms with Gasteiger partial charge in [0.2, 0.25) is 5.91 Å². The minimum Gasteiger partial charge on any atom is -0.491 e. The molecule has 2 rings (SSSR count). The average Bonchev–Trinajstić information content (AvgIpc) is 2.54. The Hall–Kier alpha value is -1.81. The van der Waals surface area contributed by atoms with E-state index in [4.69, 9.17) is 4.74 Å². The molecule has 0 radical (unpaired) electrons. The maximum atomic E-state index is 12.2. The van der Waals surface area contributed by atoms with Crippen LogP contribution in [0.25, 0.3) is 0 Å². The van der Waals surface area contributed by atoms with Crippen molar-refractivity contribution < 1.29 is 9.53 Å². The molecule has 0 aliphatic rings. The number of benzene rings is 2. The highest BCUT2D eigenvalue weighted by Crippen LogP contribution is 2.20. The Morgan fingerprint density at radius 3 is 2.38 bits per heavy atom. The van der Waals surface area contributed by atoms with Gasteiger partial charge in [0, 0.05) is 10.9 Å². The molecule has 2 aromatic rings. The molecule has 24 heavy (non-hydrogen) atoms. The van der Waals surface area contributed by atoms with Crippen molar-refractivity contribution in [1.82, 2.24) is 5.32 Å². The molecule has 0 saturated heterocycles. The van der Waals surface area contributed by atoms with Crippen LogP contribution < -0.4 is 10.1 Å². The Morgan fingerprint density at radius 1 is 1.08 bits per heavy atom. The van der Waals surface area contributed by atoms with E-state index in [-0.39, 0.29) is 18.1 Å². The molecule has 1 N–H and O–H groups in total. The van der Waals surface area contributed by atoms with Gasteiger partial charge in [-0.05, 0) is 56.5 Å². The molecule has 0 aromatic heterocycles. The lowest BCUT2D eigenvalue weighted by atomic mass is 10.1. The molecule has 2 aromatic carbocycles. The molecule has 128 valence electrons. The Balaban J connectivity index is 1.86. The second-order valence-corrected chi connectivity index (χ2v) is 6.97. The van der Waals surface area contributed by atoms with Crippen molar-refractivity contribution >= 4 is 21.8 Å². The summed E-state index contributed by atoms with van der Waals surface area (Å²) in [5.41, 5.74) is 2.22. The van der Waals surface area contributed by atoms with Crippen molar-refractivity contribution in [2.24, 2.45) is 0 Å². The molecule has 3 nitrogen and oxygen atoms in total. The summed E-state index contributed by atoms with van der Waals surface area (Å²) in [6.07, 6.45) is 1.35. The van der Waals surface area contributed by atoms with Gasteiger partial charge in [-0.15, -0.1) is 0 Å². The summed E-state index contributed by atoms with van der Waals surface area (Å²) in [5, 5.41) is 3.05. The van der Waals surface area contributed by atoms with Crippen LogP contribution in [0.5, 0.6) is 5.75 Å². The van der Waals surface area contributed by atoms with Crippen LogP contribution in [0.4, 0.5) is 0 Å². The lowest BCUT2D eigenvalue weighted by Gasteiger charge is -2.16. The molecule has 1 atom stereocenters. The van der Waals surface area contributed by atoms with Crippen molar-refractivity contribution in [3.63, 3.8) is 0 Å². The Morgan fingerprint density at radius 2 is 1.75 bits per heavy atom. The number of carbonyl (C=O) groups excluding carboxylic acids is 1. The molecule has 0 saturated carbocycles. The summed E-state index contributed by atoms with van der Waals surface area (Å²) in [6.45, 7) is 6.00. The van der Waals surface area contributed by atoms with Crippen molar-refractivity contribution in [2.45, 2.75) is 45.8 Å². The predicted molar refractivity (Wildman–Crippen MR) is 101 cm³/mol. The molecule has 0 aliphatic heterocycles. The highest BCUT2D eigenvalue weighted by Gasteiger charge is 2.11. The Labute approximate surface area is 152 Å². The summed E-state index contributed by atoms with van der Waals surface area (Å²) < 4.78 is 6.68. The van der Waals surface area contributed by atoms with E-state index in [0.29, 0.717) is 6.42 Å². The van der Waals surface area contributed by atoms with Crippen LogP contribution in [0.15, 0.2) is 53.0 Å². The third kappa shape index (κ3) is 5.68. The molecular weight excluding hydrogens is 366 g/mol. The maximum absolute atomic E-state index is 12.2. The van der Waals surface area contributed by atoms with E-state index in [1.807, 2.05) is 69.3 Å². The smallest absolute Gasteiger partial charge is 0.220 e. The first-order valence-corrected chi connectivity index (χ1v) is 9.04. The number of aryl methyl sites for hydroxylation is 1. The van der Waals surface area contributed by atoms with Gasteiger partial charge in [0.1, 0.15) is 5.75 Å². The van der Waals surface area contributed by atoms with Crippen molar-refractivity contribution in [1.29, 1.82) is 0 Å². The Bertz CT molecular complexity index is 668. The van der Waals surface area contributed by atoms with Gasteiger partial charge in [0.25, 0.3) is 0 Å². The molecule has 0 spiro atoms. The maximum Gasteiger partial charge on any atom is 0.220 e. The van der Waals surface area contributed by atoms with E-state index >= 15 is 0 Å². The fourth-order valence-electron chi connectivity index (χ4n) is 2.45. The molecule has 0 aliphatic carbocycles. The lowest BCUT2D eigenvalue weighted by Crippen LogP contribution is -2.26. The third-order valence-corrected chi connectivity index (χ3v) is 4.48. The molecule has 0 heterocycles. The highest BCUT2D eigenvalue weighted by atomic mass is 79.9. The molecule has 1 amide bonds. The number of nitrogens with one attached hydrogen (secondary N) is 1. The van der Waals surface area contributed by atoms with Crippen molar-refractivity contribution in [2.75, 3.05) is 0 Å². The molecular formula is C20H24BrNO2. The van der Waals surface area contributed by atoms with Gasteiger partial charge in [-0.3, -0.25) is 4.79 Å². The van der Waals surface area contributed by atoms with Crippen LogP contribution in [0.3, 0.4) is 0 Å². The highest BCUT2D eigenvalue weighted by molar-refractivity contribution is 9.10. The number of ether oxygens (including phenoxy) is 1. The van der Waals surface area contributed by atoms with Gasteiger partial charge < -0.3 is 10.1 Å². The Kier molecular flexibility index (Phi) is 6.85. The number of rotatable bonds is 7. The fraction of sp³-hybridized carbons (Fsp3) is 0.350. The molecule has 0 fully saturated rings. The van der Waals surface area contributed by atoms with Crippen LogP contribution in [0, 0.1) is 0 Å². The zero-order valence-electron chi connectivity index (χ0n) is 14.4. The van der Waals surface area contributed by atoms with Crippen molar-refractivity contribution in [3.8, 4) is 5.75 Å². The van der Waals surface area contributed by atoms with Crippen LogP contribution in [0.1, 0.15) is 44.4 Å². The number of carbonyl (C=O) groups is 1. The summed E-state index contributed by atoms with van der Waals surface area (Å²) >= 11 is 3.51. The van der Waals surface area contributed by atoms with Gasteiger partial charge in [-0.25, -0.2) is 0 Å². The summed E-state index contributed by atoms with van der Waals surface area (Å²) in [6, 6.07) is 15.9. The summed E-state index contributed by atoms with van der Waals surface area (Å²) in [5.74, 6) is 0.905. The number of hydrogen-bond donors (Lipinski definition) is 1. The van der Waals surface area contributed by atoms with E-state index in [0.717, 1.165) is 27.8 Å². The lowest BCUT2D eigenvalue weighted by molar-refractivity contribution is -0.121. The van der Waals surface area contributed by atoms with Gasteiger partial charge in [0.05, 0.1) is 12.1 Å². The molecule has 4 heteroatoms. The third-order valence-electron chi connectivity index (χ3n) is 3.71. The summed E-state index contributed by atoms with van der Waals surface area (Å²) in [4.78, 5) is 12.2. The van der Waals surface area contributed by atoms with Crippen LogP contribution in [-0.4, -0.2) is 12.0 Å². The van der Waals surface area contributed by atoms with Gasteiger partial charge in [0.15, 0.2) is 0 Å². The minimum absolute atomic E-state index is 0.0233. The number of halogens is 1. The predicted octanol–water partition coefficient (Wildman–Crippen LogP) is 5.05. The molecule has 1 unspecified atom stereocenters. The first-order chi connectivity index (χ1) is 11.5. The first-order valence-electron chi connectivity index (χ1n) is 8.25. The van der Waals surface area contributed by atoms with E-state index < -0.39 is 0 Å². The second-order valence-electron chi connectivity index (χ2n) is 6.12. The minimum atomic E-state index is -0.0233. The van der Waals surface area contributed by atoms with E-state index in [2.05, 4.69) is 21.2 Å². The number of amides is 1. The van der Waals surface area contributed by atoms with Crippen LogP contribution in [-0.2, 0) is 11.2 Å². The SMILES string of the molecule is CC(C)Oc1ccc(C(C)NC(=O)CCc2ccccc2Br)cc1. The van der Waals surface area contributed by atoms with Crippen LogP contribution in [0.2, 0.25) is 0 Å². The van der Waals surface area contributed by atoms with Gasteiger partial charge in [-0.2, -0.15) is 0 Å². The van der Waals surface area contributed by atoms with E-state index in [9.17, 15) is 4.79 Å². The van der Waals surface area contributed by atoms with Gasteiger partial charge in [-0.1, -0.05) is 46.3 Å². The first kappa shape index (κ1) is 18.5. The van der Waals surface area contributed by atoms with Crippen LogP contribution >= 0.6 is 15.9 Å². The monoisotopic (exact) mass is 389 g/mol. The summed E-state index contributed by atoms with van der Waals surface area (Å²) in [7, 11) is 0. The average molecular weight is 390 g/mol. The van der Waals surface area contributed by atoms with E-state index in [1.165, 1.54) is 0 Å². The van der Waals surface area contributed by atoms with Gasteiger partial charge >= 0.3 is 0 Å². The second kappa shape index (κ2) is 8.88. The van der Waals surface area contributed by atoms with E-state index in [1.54, 1.807) is 0 Å².